The lowest BCUT2D eigenvalue weighted by molar-refractivity contribution is 0.0695. The number of amides is 1. The molecule has 23 heavy (non-hydrogen) atoms. The van der Waals surface area contributed by atoms with Crippen molar-refractivity contribution in [1.82, 2.24) is 20.2 Å². The molecule has 0 saturated heterocycles. The monoisotopic (exact) mass is 337 g/mol. The molecular formula is C13H12ClN5O4. The number of aromatic carboxylic acids is 1. The second-order valence-corrected chi connectivity index (χ2v) is 4.89. The first-order valence-corrected chi connectivity index (χ1v) is 6.65. The van der Waals surface area contributed by atoms with Crippen molar-refractivity contribution < 1.29 is 14.7 Å². The van der Waals surface area contributed by atoms with E-state index in [1.54, 1.807) is 0 Å². The molecule has 2 aromatic rings. The van der Waals surface area contributed by atoms with E-state index in [2.05, 4.69) is 15.5 Å². The Morgan fingerprint density at radius 1 is 1.35 bits per heavy atom. The average molecular weight is 338 g/mol. The molecule has 0 unspecified atom stereocenters. The van der Waals surface area contributed by atoms with Crippen molar-refractivity contribution in [3.63, 3.8) is 0 Å². The molecule has 0 spiro atoms. The average Bonchev–Trinajstić information content (AvgIpc) is 2.52. The zero-order valence-electron chi connectivity index (χ0n) is 12.1. The highest BCUT2D eigenvalue weighted by Crippen LogP contribution is 2.17. The summed E-state index contributed by atoms with van der Waals surface area (Å²) in [5.74, 6) is -1.74. The smallest absolute Gasteiger partial charge is 0.337 e. The number of anilines is 1. The van der Waals surface area contributed by atoms with Crippen LogP contribution in [0.2, 0.25) is 5.02 Å². The molecule has 10 heteroatoms. The minimum absolute atomic E-state index is 0.00904. The third-order valence-corrected chi connectivity index (χ3v) is 3.29. The number of hydrogen-bond acceptors (Lipinski definition) is 6. The molecule has 2 rings (SSSR count). The fourth-order valence-electron chi connectivity index (χ4n) is 1.66. The number of aryl methyl sites for hydroxylation is 1. The number of pyridine rings is 1. The van der Waals surface area contributed by atoms with Crippen molar-refractivity contribution in [2.75, 3.05) is 12.1 Å². The van der Waals surface area contributed by atoms with E-state index >= 15 is 0 Å². The Bertz CT molecular complexity index is 818. The third-order valence-electron chi connectivity index (χ3n) is 2.93. The molecular weight excluding hydrogens is 326 g/mol. The van der Waals surface area contributed by atoms with Crippen LogP contribution in [0.4, 0.5) is 5.69 Å². The van der Waals surface area contributed by atoms with Crippen molar-refractivity contribution in [3.8, 4) is 0 Å². The molecule has 0 aliphatic heterocycles. The van der Waals surface area contributed by atoms with E-state index in [1.807, 2.05) is 0 Å². The van der Waals surface area contributed by atoms with Gasteiger partial charge in [-0.15, -0.1) is 0 Å². The SMILES string of the molecule is CN(NC(=O)c1ccc(C(=O)O)cn1)c1cnn(C)c(=O)c1Cl. The Labute approximate surface area is 135 Å². The van der Waals surface area contributed by atoms with Crippen molar-refractivity contribution in [3.05, 3.63) is 51.2 Å². The van der Waals surface area contributed by atoms with Gasteiger partial charge in [0.05, 0.1) is 11.8 Å². The summed E-state index contributed by atoms with van der Waals surface area (Å²) < 4.78 is 1.06. The quantitative estimate of drug-likeness (QED) is 0.771. The summed E-state index contributed by atoms with van der Waals surface area (Å²) in [7, 11) is 2.93. The van der Waals surface area contributed by atoms with Gasteiger partial charge in [0, 0.05) is 20.3 Å². The van der Waals surface area contributed by atoms with Crippen LogP contribution >= 0.6 is 11.6 Å². The third kappa shape index (κ3) is 3.46. The number of carbonyl (C=O) groups excluding carboxylic acids is 1. The predicted molar refractivity (Wildman–Crippen MR) is 81.6 cm³/mol. The van der Waals surface area contributed by atoms with Crippen LogP contribution < -0.4 is 16.0 Å². The number of hydrazine groups is 1. The molecule has 120 valence electrons. The van der Waals surface area contributed by atoms with Gasteiger partial charge in [0.1, 0.15) is 16.4 Å². The number of rotatable bonds is 4. The number of nitrogens with zero attached hydrogens (tertiary/aromatic N) is 4. The summed E-state index contributed by atoms with van der Waals surface area (Å²) in [6, 6.07) is 2.54. The standard InChI is InChI=1S/C13H12ClN5O4/c1-18(9-6-16-19(2)12(21)10(9)14)17-11(20)8-4-3-7(5-15-8)13(22)23/h3-6H,1-2H3,(H,17,20)(H,22,23). The van der Waals surface area contributed by atoms with Crippen LogP contribution in [0.1, 0.15) is 20.8 Å². The molecule has 0 aliphatic rings. The number of hydrogen-bond donors (Lipinski definition) is 2. The van der Waals surface area contributed by atoms with Crippen LogP contribution in [-0.2, 0) is 7.05 Å². The maximum atomic E-state index is 12.1. The molecule has 0 radical (unpaired) electrons. The van der Waals surface area contributed by atoms with E-state index in [-0.39, 0.29) is 22.0 Å². The molecule has 2 N–H and O–H groups in total. The first kappa shape index (κ1) is 16.4. The molecule has 1 amide bonds. The number of halogens is 1. The maximum Gasteiger partial charge on any atom is 0.337 e. The Morgan fingerprint density at radius 3 is 2.61 bits per heavy atom. The van der Waals surface area contributed by atoms with E-state index in [0.29, 0.717) is 0 Å². The second-order valence-electron chi connectivity index (χ2n) is 4.51. The fourth-order valence-corrected chi connectivity index (χ4v) is 1.96. The molecule has 0 aromatic carbocycles. The number of carboxylic acids is 1. The largest absolute Gasteiger partial charge is 0.478 e. The summed E-state index contributed by atoms with van der Waals surface area (Å²) in [4.78, 5) is 38.3. The van der Waals surface area contributed by atoms with Gasteiger partial charge in [-0.2, -0.15) is 5.10 Å². The van der Waals surface area contributed by atoms with Crippen LogP contribution in [0.15, 0.2) is 29.3 Å². The van der Waals surface area contributed by atoms with Crippen LogP contribution in [0, 0.1) is 0 Å². The highest BCUT2D eigenvalue weighted by atomic mass is 35.5. The molecule has 0 saturated carbocycles. The summed E-state index contributed by atoms with van der Waals surface area (Å²) in [5, 5.41) is 13.7. The van der Waals surface area contributed by atoms with Crippen molar-refractivity contribution >= 4 is 29.2 Å². The van der Waals surface area contributed by atoms with E-state index in [4.69, 9.17) is 16.7 Å². The Morgan fingerprint density at radius 2 is 2.04 bits per heavy atom. The molecule has 0 bridgehead atoms. The fraction of sp³-hybridized carbons (Fsp3) is 0.154. The van der Waals surface area contributed by atoms with E-state index < -0.39 is 17.4 Å². The first-order valence-electron chi connectivity index (χ1n) is 6.27. The molecule has 0 atom stereocenters. The Balaban J connectivity index is 2.18. The topological polar surface area (TPSA) is 117 Å². The van der Waals surface area contributed by atoms with Crippen LogP contribution in [-0.4, -0.2) is 38.8 Å². The second kappa shape index (κ2) is 6.44. The number of nitrogens with one attached hydrogen (secondary N) is 1. The van der Waals surface area contributed by atoms with Gasteiger partial charge >= 0.3 is 5.97 Å². The Kier molecular flexibility index (Phi) is 4.60. The lowest BCUT2D eigenvalue weighted by Gasteiger charge is -2.20. The van der Waals surface area contributed by atoms with E-state index in [0.717, 1.165) is 10.9 Å². The van der Waals surface area contributed by atoms with E-state index in [9.17, 15) is 14.4 Å². The minimum atomic E-state index is -1.14. The lowest BCUT2D eigenvalue weighted by atomic mass is 10.2. The summed E-state index contributed by atoms with van der Waals surface area (Å²) in [6.07, 6.45) is 2.40. The zero-order chi connectivity index (χ0) is 17.1. The zero-order valence-corrected chi connectivity index (χ0v) is 12.9. The molecule has 0 aliphatic carbocycles. The highest BCUT2D eigenvalue weighted by molar-refractivity contribution is 6.33. The molecule has 0 fully saturated rings. The lowest BCUT2D eigenvalue weighted by Crippen LogP contribution is -2.41. The minimum Gasteiger partial charge on any atom is -0.478 e. The van der Waals surface area contributed by atoms with Gasteiger partial charge in [0.25, 0.3) is 11.5 Å². The van der Waals surface area contributed by atoms with Crippen molar-refractivity contribution in [2.24, 2.45) is 7.05 Å². The summed E-state index contributed by atoms with van der Waals surface area (Å²) in [6.45, 7) is 0. The van der Waals surface area contributed by atoms with Crippen LogP contribution in [0.25, 0.3) is 0 Å². The predicted octanol–water partition coefficient (Wildman–Crippen LogP) is 0.308. The number of carboxylic acid groups (broad SMARTS) is 1. The van der Waals surface area contributed by atoms with Gasteiger partial charge < -0.3 is 5.11 Å². The summed E-state index contributed by atoms with van der Waals surface area (Å²) >= 11 is 5.93. The molecule has 9 nitrogen and oxygen atoms in total. The Hall–Kier alpha value is -2.94. The van der Waals surface area contributed by atoms with Crippen molar-refractivity contribution in [1.29, 1.82) is 0 Å². The van der Waals surface area contributed by atoms with Gasteiger partial charge in [-0.05, 0) is 12.1 Å². The van der Waals surface area contributed by atoms with Gasteiger partial charge in [-0.3, -0.25) is 25.0 Å². The maximum absolute atomic E-state index is 12.1. The van der Waals surface area contributed by atoms with Gasteiger partial charge in [-0.1, -0.05) is 11.6 Å². The number of carbonyl (C=O) groups is 2. The molecule has 2 aromatic heterocycles. The van der Waals surface area contributed by atoms with Crippen molar-refractivity contribution in [2.45, 2.75) is 0 Å². The summed E-state index contributed by atoms with van der Waals surface area (Å²) in [5.41, 5.74) is 2.14. The normalized spacial score (nSPS) is 10.2. The van der Waals surface area contributed by atoms with Gasteiger partial charge in [0.15, 0.2) is 0 Å². The first-order chi connectivity index (χ1) is 10.8. The van der Waals surface area contributed by atoms with Crippen LogP contribution in [0.3, 0.4) is 0 Å². The van der Waals surface area contributed by atoms with Gasteiger partial charge in [-0.25, -0.2) is 9.48 Å². The highest BCUT2D eigenvalue weighted by Gasteiger charge is 2.15. The van der Waals surface area contributed by atoms with Gasteiger partial charge in [0.2, 0.25) is 0 Å². The number of aromatic nitrogens is 3. The van der Waals surface area contributed by atoms with Crippen LogP contribution in [0.5, 0.6) is 0 Å². The molecule has 2 heterocycles. The van der Waals surface area contributed by atoms with E-state index in [1.165, 1.54) is 37.4 Å².